The second kappa shape index (κ2) is 4.28. The van der Waals surface area contributed by atoms with E-state index in [2.05, 4.69) is 5.32 Å². The van der Waals surface area contributed by atoms with Gasteiger partial charge in [0.25, 0.3) is 0 Å². The number of nitrogens with one attached hydrogen (secondary N) is 1. The standard InChI is InChI=1S/C10H19N3O/c11-4-1-5-12-9-6-13(7-9)10(14)8-2-3-8/h8-9,12H,1-7,11H2. The van der Waals surface area contributed by atoms with Crippen molar-refractivity contribution in [2.24, 2.45) is 11.7 Å². The van der Waals surface area contributed by atoms with E-state index in [4.69, 9.17) is 5.73 Å². The maximum atomic E-state index is 11.5. The summed E-state index contributed by atoms with van der Waals surface area (Å²) >= 11 is 0. The first-order chi connectivity index (χ1) is 6.81. The minimum Gasteiger partial charge on any atom is -0.339 e. The fourth-order valence-electron chi connectivity index (χ4n) is 1.78. The Hall–Kier alpha value is -0.610. The molecule has 2 fully saturated rings. The SMILES string of the molecule is NCCCNC1CN(C(=O)C2CC2)C1. The lowest BCUT2D eigenvalue weighted by Gasteiger charge is -2.40. The highest BCUT2D eigenvalue weighted by molar-refractivity contribution is 5.81. The maximum absolute atomic E-state index is 11.5. The summed E-state index contributed by atoms with van der Waals surface area (Å²) in [7, 11) is 0. The Morgan fingerprint density at radius 2 is 2.14 bits per heavy atom. The van der Waals surface area contributed by atoms with E-state index in [1.54, 1.807) is 0 Å². The highest BCUT2D eigenvalue weighted by Crippen LogP contribution is 2.32. The summed E-state index contributed by atoms with van der Waals surface area (Å²) in [5.41, 5.74) is 5.39. The number of rotatable bonds is 5. The van der Waals surface area contributed by atoms with Crippen molar-refractivity contribution < 1.29 is 4.79 Å². The number of nitrogens with zero attached hydrogens (tertiary/aromatic N) is 1. The molecule has 4 nitrogen and oxygen atoms in total. The van der Waals surface area contributed by atoms with Crippen LogP contribution in [0.4, 0.5) is 0 Å². The van der Waals surface area contributed by atoms with Gasteiger partial charge >= 0.3 is 0 Å². The molecule has 2 aliphatic rings. The van der Waals surface area contributed by atoms with Crippen molar-refractivity contribution in [2.75, 3.05) is 26.2 Å². The third-order valence-electron chi connectivity index (χ3n) is 2.93. The summed E-state index contributed by atoms with van der Waals surface area (Å²) in [6, 6.07) is 0.518. The van der Waals surface area contributed by atoms with E-state index >= 15 is 0 Å². The molecule has 1 aliphatic heterocycles. The molecule has 14 heavy (non-hydrogen) atoms. The van der Waals surface area contributed by atoms with Crippen LogP contribution in [-0.4, -0.2) is 43.0 Å². The topological polar surface area (TPSA) is 58.4 Å². The van der Waals surface area contributed by atoms with E-state index in [1.165, 1.54) is 0 Å². The predicted octanol–water partition coefficient (Wildman–Crippen LogP) is -0.454. The van der Waals surface area contributed by atoms with Gasteiger partial charge in [0.1, 0.15) is 0 Å². The first-order valence-electron chi connectivity index (χ1n) is 5.53. The molecule has 2 rings (SSSR count). The van der Waals surface area contributed by atoms with Crippen LogP contribution in [0.1, 0.15) is 19.3 Å². The lowest BCUT2D eigenvalue weighted by molar-refractivity contribution is -0.137. The number of likely N-dealkylation sites (tertiary alicyclic amines) is 1. The minimum absolute atomic E-state index is 0.375. The largest absolute Gasteiger partial charge is 0.339 e. The molecular weight excluding hydrogens is 178 g/mol. The molecule has 1 amide bonds. The van der Waals surface area contributed by atoms with Gasteiger partial charge in [-0.3, -0.25) is 4.79 Å². The first kappa shape index (κ1) is 9.93. The van der Waals surface area contributed by atoms with Crippen LogP contribution in [0.2, 0.25) is 0 Å². The van der Waals surface area contributed by atoms with Crippen LogP contribution in [0.3, 0.4) is 0 Å². The lowest BCUT2D eigenvalue weighted by atomic mass is 10.1. The molecule has 1 saturated heterocycles. The van der Waals surface area contributed by atoms with E-state index in [1.807, 2.05) is 4.90 Å². The summed E-state index contributed by atoms with van der Waals surface area (Å²) in [5.74, 6) is 0.752. The Labute approximate surface area is 84.8 Å². The first-order valence-corrected chi connectivity index (χ1v) is 5.53. The van der Waals surface area contributed by atoms with Gasteiger partial charge in [0.2, 0.25) is 5.91 Å². The zero-order valence-corrected chi connectivity index (χ0v) is 8.54. The molecule has 0 aromatic carbocycles. The average molecular weight is 197 g/mol. The van der Waals surface area contributed by atoms with E-state index in [9.17, 15) is 4.79 Å². The van der Waals surface area contributed by atoms with Crippen molar-refractivity contribution in [3.05, 3.63) is 0 Å². The fraction of sp³-hybridized carbons (Fsp3) is 0.900. The molecular formula is C10H19N3O. The molecule has 1 aliphatic carbocycles. The number of carbonyl (C=O) groups excluding carboxylic acids is 1. The Balaban J connectivity index is 1.57. The van der Waals surface area contributed by atoms with Gasteiger partial charge in [-0.15, -0.1) is 0 Å². The van der Waals surface area contributed by atoms with Crippen LogP contribution < -0.4 is 11.1 Å². The quantitative estimate of drug-likeness (QED) is 0.587. The van der Waals surface area contributed by atoms with Crippen molar-refractivity contribution in [3.8, 4) is 0 Å². The number of hydrogen-bond donors (Lipinski definition) is 2. The van der Waals surface area contributed by atoms with Gasteiger partial charge < -0.3 is 16.0 Å². The number of nitrogens with two attached hydrogens (primary N) is 1. The Morgan fingerprint density at radius 1 is 1.43 bits per heavy atom. The van der Waals surface area contributed by atoms with E-state index in [0.717, 1.165) is 45.4 Å². The molecule has 0 aromatic heterocycles. The molecule has 0 aromatic rings. The molecule has 0 unspecified atom stereocenters. The van der Waals surface area contributed by atoms with Gasteiger partial charge in [0.15, 0.2) is 0 Å². The molecule has 1 saturated carbocycles. The smallest absolute Gasteiger partial charge is 0.225 e. The molecule has 3 N–H and O–H groups in total. The summed E-state index contributed by atoms with van der Waals surface area (Å²) in [5, 5.41) is 3.39. The number of carbonyl (C=O) groups is 1. The molecule has 1 heterocycles. The Morgan fingerprint density at radius 3 is 2.71 bits per heavy atom. The molecule has 80 valence electrons. The second-order valence-corrected chi connectivity index (χ2v) is 4.31. The van der Waals surface area contributed by atoms with Gasteiger partial charge in [-0.1, -0.05) is 0 Å². The van der Waals surface area contributed by atoms with Crippen LogP contribution in [0.25, 0.3) is 0 Å². The predicted molar refractivity (Wildman–Crippen MR) is 54.8 cm³/mol. The summed E-state index contributed by atoms with van der Waals surface area (Å²) in [6.07, 6.45) is 3.24. The van der Waals surface area contributed by atoms with Crippen LogP contribution in [0.5, 0.6) is 0 Å². The molecule has 0 atom stereocenters. The highest BCUT2D eigenvalue weighted by atomic mass is 16.2. The van der Waals surface area contributed by atoms with E-state index in [0.29, 0.717) is 17.9 Å². The lowest BCUT2D eigenvalue weighted by Crippen LogP contribution is -2.60. The summed E-state index contributed by atoms with van der Waals surface area (Å²) < 4.78 is 0. The Kier molecular flexibility index (Phi) is 3.03. The van der Waals surface area contributed by atoms with Crippen LogP contribution >= 0.6 is 0 Å². The van der Waals surface area contributed by atoms with Crippen LogP contribution in [0, 0.1) is 5.92 Å². The third-order valence-corrected chi connectivity index (χ3v) is 2.93. The Bertz CT molecular complexity index is 209. The van der Waals surface area contributed by atoms with Gasteiger partial charge in [-0.05, 0) is 32.4 Å². The van der Waals surface area contributed by atoms with Crippen molar-refractivity contribution in [1.82, 2.24) is 10.2 Å². The molecule has 0 radical (unpaired) electrons. The number of amides is 1. The molecule has 0 spiro atoms. The van der Waals surface area contributed by atoms with Crippen molar-refractivity contribution in [2.45, 2.75) is 25.3 Å². The number of hydrogen-bond acceptors (Lipinski definition) is 3. The van der Waals surface area contributed by atoms with Gasteiger partial charge in [-0.2, -0.15) is 0 Å². The fourth-order valence-corrected chi connectivity index (χ4v) is 1.78. The van der Waals surface area contributed by atoms with Gasteiger partial charge in [0.05, 0.1) is 0 Å². The second-order valence-electron chi connectivity index (χ2n) is 4.31. The van der Waals surface area contributed by atoms with Crippen LogP contribution in [0.15, 0.2) is 0 Å². The third kappa shape index (κ3) is 2.25. The minimum atomic E-state index is 0.375. The van der Waals surface area contributed by atoms with Crippen molar-refractivity contribution in [3.63, 3.8) is 0 Å². The van der Waals surface area contributed by atoms with E-state index < -0.39 is 0 Å². The van der Waals surface area contributed by atoms with Crippen LogP contribution in [-0.2, 0) is 4.79 Å². The van der Waals surface area contributed by atoms with Gasteiger partial charge in [-0.25, -0.2) is 0 Å². The zero-order chi connectivity index (χ0) is 9.97. The van der Waals surface area contributed by atoms with Gasteiger partial charge in [0, 0.05) is 25.0 Å². The average Bonchev–Trinajstić information content (AvgIpc) is 2.90. The van der Waals surface area contributed by atoms with Crippen molar-refractivity contribution >= 4 is 5.91 Å². The van der Waals surface area contributed by atoms with Crippen molar-refractivity contribution in [1.29, 1.82) is 0 Å². The summed E-state index contributed by atoms with van der Waals surface area (Å²) in [6.45, 7) is 3.52. The normalized spacial score (nSPS) is 22.2. The molecule has 0 bridgehead atoms. The monoisotopic (exact) mass is 197 g/mol. The zero-order valence-electron chi connectivity index (χ0n) is 8.54. The van der Waals surface area contributed by atoms with E-state index in [-0.39, 0.29) is 0 Å². The molecule has 4 heteroatoms. The maximum Gasteiger partial charge on any atom is 0.225 e. The summed E-state index contributed by atoms with van der Waals surface area (Å²) in [4.78, 5) is 13.5. The highest BCUT2D eigenvalue weighted by Gasteiger charge is 2.38.